The molecule has 3 aromatic carbocycles. The molecule has 0 fully saturated rings. The van der Waals surface area contributed by atoms with E-state index >= 15 is 0 Å². The Labute approximate surface area is 172 Å². The number of aromatic hydroxyl groups is 1. The van der Waals surface area contributed by atoms with Crippen LogP contribution in [-0.4, -0.2) is 22.5 Å². The molecule has 0 atom stereocenters. The standard InChI is InChI=1S/C24H19FN2O3/c1-15(26-16-8-7-9-17(14-16)30-2)22-18-10-3-4-11-19(18)23(28)27(24(22)29)21-13-6-5-12-20(21)25/h3-14,28H,1-2H3. The van der Waals surface area contributed by atoms with Crippen molar-refractivity contribution in [3.63, 3.8) is 0 Å². The zero-order chi connectivity index (χ0) is 21.3. The lowest BCUT2D eigenvalue weighted by molar-refractivity contribution is 0.415. The smallest absolute Gasteiger partial charge is 0.267 e. The van der Waals surface area contributed by atoms with Gasteiger partial charge in [-0.1, -0.05) is 36.4 Å². The number of ether oxygens (including phenoxy) is 1. The minimum Gasteiger partial charge on any atom is -0.497 e. The highest BCUT2D eigenvalue weighted by molar-refractivity contribution is 6.11. The number of aliphatic imine (C=N–C) groups is 1. The maximum atomic E-state index is 14.5. The van der Waals surface area contributed by atoms with E-state index in [1.165, 1.54) is 18.2 Å². The summed E-state index contributed by atoms with van der Waals surface area (Å²) >= 11 is 0. The fraction of sp³-hybridized carbons (Fsp3) is 0.0833. The molecule has 150 valence electrons. The average Bonchev–Trinajstić information content (AvgIpc) is 2.75. The van der Waals surface area contributed by atoms with Gasteiger partial charge in [-0.25, -0.2) is 8.96 Å². The first kappa shape index (κ1) is 19.4. The highest BCUT2D eigenvalue weighted by atomic mass is 19.1. The first-order valence-corrected chi connectivity index (χ1v) is 9.32. The monoisotopic (exact) mass is 402 g/mol. The van der Waals surface area contributed by atoms with Gasteiger partial charge in [0, 0.05) is 16.8 Å². The van der Waals surface area contributed by atoms with Gasteiger partial charge >= 0.3 is 0 Å². The van der Waals surface area contributed by atoms with Gasteiger partial charge in [-0.3, -0.25) is 9.79 Å². The van der Waals surface area contributed by atoms with Crippen molar-refractivity contribution in [1.29, 1.82) is 0 Å². The molecule has 0 unspecified atom stereocenters. The highest BCUT2D eigenvalue weighted by Gasteiger charge is 2.20. The Morgan fingerprint density at radius 3 is 2.43 bits per heavy atom. The van der Waals surface area contributed by atoms with E-state index in [1.54, 1.807) is 68.6 Å². The summed E-state index contributed by atoms with van der Waals surface area (Å²) < 4.78 is 20.7. The van der Waals surface area contributed by atoms with Gasteiger partial charge in [-0.2, -0.15) is 0 Å². The predicted molar refractivity (Wildman–Crippen MR) is 116 cm³/mol. The van der Waals surface area contributed by atoms with Crippen LogP contribution >= 0.6 is 0 Å². The third kappa shape index (κ3) is 3.33. The van der Waals surface area contributed by atoms with Crippen molar-refractivity contribution < 1.29 is 14.2 Å². The Balaban J connectivity index is 2.03. The lowest BCUT2D eigenvalue weighted by Crippen LogP contribution is -2.26. The molecule has 5 nitrogen and oxygen atoms in total. The maximum absolute atomic E-state index is 14.5. The van der Waals surface area contributed by atoms with Crippen molar-refractivity contribution in [3.8, 4) is 17.3 Å². The van der Waals surface area contributed by atoms with Crippen molar-refractivity contribution >= 4 is 22.2 Å². The molecule has 4 rings (SSSR count). The van der Waals surface area contributed by atoms with Crippen LogP contribution in [-0.2, 0) is 0 Å². The second kappa shape index (κ2) is 7.83. The number of nitrogens with zero attached hydrogens (tertiary/aromatic N) is 2. The minimum absolute atomic E-state index is 0.0267. The minimum atomic E-state index is -0.612. The summed E-state index contributed by atoms with van der Waals surface area (Å²) in [6, 6.07) is 19.9. The summed E-state index contributed by atoms with van der Waals surface area (Å²) in [5, 5.41) is 11.8. The summed E-state index contributed by atoms with van der Waals surface area (Å²) in [5.41, 5.74) is 0.756. The predicted octanol–water partition coefficient (Wildman–Crippen LogP) is 4.98. The number of hydrogen-bond acceptors (Lipinski definition) is 4. The number of rotatable bonds is 4. The zero-order valence-electron chi connectivity index (χ0n) is 16.5. The van der Waals surface area contributed by atoms with Gasteiger partial charge in [-0.15, -0.1) is 0 Å². The van der Waals surface area contributed by atoms with E-state index in [2.05, 4.69) is 4.99 Å². The summed E-state index contributed by atoms with van der Waals surface area (Å²) in [6.45, 7) is 1.71. The summed E-state index contributed by atoms with van der Waals surface area (Å²) in [4.78, 5) is 18.0. The van der Waals surface area contributed by atoms with E-state index in [-0.39, 0.29) is 17.1 Å². The van der Waals surface area contributed by atoms with Crippen LogP contribution in [0.1, 0.15) is 12.5 Å². The van der Waals surface area contributed by atoms with E-state index in [0.29, 0.717) is 27.9 Å². The van der Waals surface area contributed by atoms with Crippen LogP contribution < -0.4 is 10.3 Å². The molecule has 0 amide bonds. The molecular weight excluding hydrogens is 383 g/mol. The van der Waals surface area contributed by atoms with Gasteiger partial charge in [0.05, 0.1) is 29.8 Å². The Bertz CT molecular complexity index is 1340. The van der Waals surface area contributed by atoms with Gasteiger partial charge < -0.3 is 9.84 Å². The lowest BCUT2D eigenvalue weighted by atomic mass is 10.0. The Morgan fingerprint density at radius 1 is 1.00 bits per heavy atom. The Hall–Kier alpha value is -3.93. The third-order valence-electron chi connectivity index (χ3n) is 4.87. The molecule has 0 bridgehead atoms. The number of benzene rings is 3. The molecule has 1 N–H and O–H groups in total. The largest absolute Gasteiger partial charge is 0.497 e. The number of pyridine rings is 1. The first-order valence-electron chi connectivity index (χ1n) is 9.32. The molecule has 6 heteroatoms. The number of methoxy groups -OCH3 is 1. The summed E-state index contributed by atoms with van der Waals surface area (Å²) in [6.07, 6.45) is 0. The first-order chi connectivity index (χ1) is 14.5. The van der Waals surface area contributed by atoms with Gasteiger partial charge in [-0.05, 0) is 37.3 Å². The van der Waals surface area contributed by atoms with Crippen LogP contribution in [0.15, 0.2) is 82.6 Å². The fourth-order valence-corrected chi connectivity index (χ4v) is 3.48. The number of hydrogen-bond donors (Lipinski definition) is 1. The SMILES string of the molecule is COc1cccc(N=C(C)c2c(=O)n(-c3ccccc3F)c(O)c3ccccc23)c1. The zero-order valence-corrected chi connectivity index (χ0v) is 16.5. The summed E-state index contributed by atoms with van der Waals surface area (Å²) in [5.74, 6) is -0.291. The van der Waals surface area contributed by atoms with E-state index in [0.717, 1.165) is 4.57 Å². The molecule has 0 aliphatic rings. The van der Waals surface area contributed by atoms with Crippen molar-refractivity contribution in [2.24, 2.45) is 4.99 Å². The van der Waals surface area contributed by atoms with Crippen LogP contribution in [0.2, 0.25) is 0 Å². The molecule has 1 aromatic heterocycles. The molecule has 4 aromatic rings. The van der Waals surface area contributed by atoms with Crippen molar-refractivity contribution in [2.75, 3.05) is 7.11 Å². The van der Waals surface area contributed by atoms with Gasteiger partial charge in [0.2, 0.25) is 5.88 Å². The van der Waals surface area contributed by atoms with E-state index < -0.39 is 11.4 Å². The molecule has 0 spiro atoms. The van der Waals surface area contributed by atoms with Gasteiger partial charge in [0.1, 0.15) is 11.6 Å². The van der Waals surface area contributed by atoms with Crippen LogP contribution in [0.4, 0.5) is 10.1 Å². The second-order valence-electron chi connectivity index (χ2n) is 6.73. The second-order valence-corrected chi connectivity index (χ2v) is 6.73. The molecule has 0 radical (unpaired) electrons. The fourth-order valence-electron chi connectivity index (χ4n) is 3.48. The number of fused-ring (bicyclic) bond motifs is 1. The topological polar surface area (TPSA) is 63.8 Å². The Morgan fingerprint density at radius 2 is 1.70 bits per heavy atom. The molecule has 30 heavy (non-hydrogen) atoms. The van der Waals surface area contributed by atoms with Gasteiger partial charge in [0.15, 0.2) is 0 Å². The van der Waals surface area contributed by atoms with Crippen molar-refractivity contribution in [3.05, 3.63) is 94.5 Å². The van der Waals surface area contributed by atoms with Crippen LogP contribution in [0, 0.1) is 5.82 Å². The Kier molecular flexibility index (Phi) is 5.06. The normalized spacial score (nSPS) is 11.6. The van der Waals surface area contributed by atoms with E-state index in [1.807, 2.05) is 0 Å². The van der Waals surface area contributed by atoms with Gasteiger partial charge in [0.25, 0.3) is 5.56 Å². The third-order valence-corrected chi connectivity index (χ3v) is 4.87. The number of halogens is 1. The summed E-state index contributed by atoms with van der Waals surface area (Å²) in [7, 11) is 1.57. The highest BCUT2D eigenvalue weighted by Crippen LogP contribution is 2.29. The molecule has 0 saturated carbocycles. The van der Waals surface area contributed by atoms with E-state index in [9.17, 15) is 14.3 Å². The average molecular weight is 402 g/mol. The van der Waals surface area contributed by atoms with Crippen molar-refractivity contribution in [1.82, 2.24) is 4.57 Å². The van der Waals surface area contributed by atoms with Crippen LogP contribution in [0.3, 0.4) is 0 Å². The lowest BCUT2D eigenvalue weighted by Gasteiger charge is -2.15. The molecule has 0 saturated heterocycles. The number of aromatic nitrogens is 1. The van der Waals surface area contributed by atoms with Crippen LogP contribution in [0.5, 0.6) is 11.6 Å². The van der Waals surface area contributed by atoms with Crippen LogP contribution in [0.25, 0.3) is 16.5 Å². The maximum Gasteiger partial charge on any atom is 0.267 e. The molecule has 0 aliphatic carbocycles. The van der Waals surface area contributed by atoms with E-state index in [4.69, 9.17) is 4.74 Å². The quantitative estimate of drug-likeness (QED) is 0.490. The number of para-hydroxylation sites is 1. The molecule has 0 aliphatic heterocycles. The van der Waals surface area contributed by atoms with Crippen molar-refractivity contribution in [2.45, 2.75) is 6.92 Å². The molecule has 1 heterocycles. The molecular formula is C24H19FN2O3.